The van der Waals surface area contributed by atoms with Crippen LogP contribution < -0.4 is 10.5 Å². The first-order valence-electron chi connectivity index (χ1n) is 4.70. The van der Waals surface area contributed by atoms with Crippen molar-refractivity contribution in [1.82, 2.24) is 0 Å². The molecule has 2 nitrogen and oxygen atoms in total. The summed E-state index contributed by atoms with van der Waals surface area (Å²) in [5, 5.41) is 0. The summed E-state index contributed by atoms with van der Waals surface area (Å²) in [4.78, 5) is 0. The monoisotopic (exact) mass is 257 g/mol. The van der Waals surface area contributed by atoms with Gasteiger partial charge in [0.15, 0.2) is 0 Å². The highest BCUT2D eigenvalue weighted by Gasteiger charge is 2.07. The SMILES string of the molecule is COc1ccc(Br)cc1CC(C)CN. The Hall–Kier alpha value is -0.540. The molecule has 78 valence electrons. The molecule has 1 rings (SSSR count). The summed E-state index contributed by atoms with van der Waals surface area (Å²) in [5.74, 6) is 1.42. The van der Waals surface area contributed by atoms with Crippen LogP contribution in [0.3, 0.4) is 0 Å². The topological polar surface area (TPSA) is 35.2 Å². The van der Waals surface area contributed by atoms with E-state index in [0.717, 1.165) is 16.6 Å². The molecule has 1 aromatic rings. The van der Waals surface area contributed by atoms with Gasteiger partial charge in [0.2, 0.25) is 0 Å². The van der Waals surface area contributed by atoms with E-state index in [0.29, 0.717) is 12.5 Å². The van der Waals surface area contributed by atoms with Gasteiger partial charge in [0, 0.05) is 4.47 Å². The molecule has 1 aromatic carbocycles. The van der Waals surface area contributed by atoms with Crippen molar-refractivity contribution in [1.29, 1.82) is 0 Å². The number of benzene rings is 1. The van der Waals surface area contributed by atoms with Crippen molar-refractivity contribution in [3.05, 3.63) is 28.2 Å². The van der Waals surface area contributed by atoms with E-state index in [2.05, 4.69) is 28.9 Å². The molecule has 0 radical (unpaired) electrons. The molecule has 0 saturated carbocycles. The van der Waals surface area contributed by atoms with Crippen LogP contribution >= 0.6 is 15.9 Å². The van der Waals surface area contributed by atoms with Gasteiger partial charge in [-0.15, -0.1) is 0 Å². The van der Waals surface area contributed by atoms with E-state index < -0.39 is 0 Å². The van der Waals surface area contributed by atoms with Crippen LogP contribution in [-0.4, -0.2) is 13.7 Å². The van der Waals surface area contributed by atoms with E-state index in [-0.39, 0.29) is 0 Å². The molecule has 0 aliphatic carbocycles. The van der Waals surface area contributed by atoms with E-state index in [4.69, 9.17) is 10.5 Å². The Bertz CT molecular complexity index is 301. The van der Waals surface area contributed by atoms with E-state index >= 15 is 0 Å². The number of halogens is 1. The van der Waals surface area contributed by atoms with Crippen LogP contribution in [0.25, 0.3) is 0 Å². The molecule has 3 heteroatoms. The summed E-state index contributed by atoms with van der Waals surface area (Å²) in [6.45, 7) is 2.84. The number of nitrogens with two attached hydrogens (primary N) is 1. The fraction of sp³-hybridized carbons (Fsp3) is 0.455. The Balaban J connectivity index is 2.87. The van der Waals surface area contributed by atoms with Gasteiger partial charge in [0.25, 0.3) is 0 Å². The Morgan fingerprint density at radius 1 is 1.50 bits per heavy atom. The average molecular weight is 258 g/mol. The fourth-order valence-corrected chi connectivity index (χ4v) is 1.77. The molecule has 0 fully saturated rings. The lowest BCUT2D eigenvalue weighted by atomic mass is 10.0. The van der Waals surface area contributed by atoms with Crippen LogP contribution in [0.2, 0.25) is 0 Å². The lowest BCUT2D eigenvalue weighted by molar-refractivity contribution is 0.406. The fourth-order valence-electron chi connectivity index (χ4n) is 1.37. The lowest BCUT2D eigenvalue weighted by Gasteiger charge is -2.12. The van der Waals surface area contributed by atoms with Gasteiger partial charge < -0.3 is 10.5 Å². The number of ether oxygens (including phenoxy) is 1. The molecule has 0 aliphatic rings. The smallest absolute Gasteiger partial charge is 0.122 e. The highest BCUT2D eigenvalue weighted by Crippen LogP contribution is 2.25. The molecule has 0 aromatic heterocycles. The molecule has 0 aliphatic heterocycles. The summed E-state index contributed by atoms with van der Waals surface area (Å²) in [6, 6.07) is 6.04. The maximum absolute atomic E-state index is 5.60. The maximum Gasteiger partial charge on any atom is 0.122 e. The van der Waals surface area contributed by atoms with Crippen molar-refractivity contribution < 1.29 is 4.74 Å². The first-order chi connectivity index (χ1) is 6.67. The number of hydrogen-bond acceptors (Lipinski definition) is 2. The second-order valence-corrected chi connectivity index (χ2v) is 4.42. The molecule has 14 heavy (non-hydrogen) atoms. The average Bonchev–Trinajstić information content (AvgIpc) is 2.18. The van der Waals surface area contributed by atoms with Crippen molar-refractivity contribution in [2.75, 3.05) is 13.7 Å². The highest BCUT2D eigenvalue weighted by molar-refractivity contribution is 9.10. The molecule has 1 unspecified atom stereocenters. The number of hydrogen-bond donors (Lipinski definition) is 1. The summed E-state index contributed by atoms with van der Waals surface area (Å²) in [7, 11) is 1.69. The predicted molar refractivity (Wildman–Crippen MR) is 62.6 cm³/mol. The second-order valence-electron chi connectivity index (χ2n) is 3.50. The molecular formula is C11H16BrNO. The minimum Gasteiger partial charge on any atom is -0.496 e. The molecule has 0 heterocycles. The predicted octanol–water partition coefficient (Wildman–Crippen LogP) is 2.59. The minimum absolute atomic E-state index is 0.484. The zero-order chi connectivity index (χ0) is 10.6. The van der Waals surface area contributed by atoms with Crippen molar-refractivity contribution in [2.24, 2.45) is 11.7 Å². The van der Waals surface area contributed by atoms with Gasteiger partial charge >= 0.3 is 0 Å². The van der Waals surface area contributed by atoms with Crippen molar-refractivity contribution in [3.8, 4) is 5.75 Å². The molecule has 1 atom stereocenters. The van der Waals surface area contributed by atoms with Gasteiger partial charge in [-0.3, -0.25) is 0 Å². The van der Waals surface area contributed by atoms with E-state index in [1.807, 2.05) is 12.1 Å². The first kappa shape index (κ1) is 11.5. The van der Waals surface area contributed by atoms with Crippen LogP contribution in [0.5, 0.6) is 5.75 Å². The number of methoxy groups -OCH3 is 1. The van der Waals surface area contributed by atoms with Crippen molar-refractivity contribution in [3.63, 3.8) is 0 Å². The van der Waals surface area contributed by atoms with Gasteiger partial charge in [0.05, 0.1) is 7.11 Å². The Morgan fingerprint density at radius 3 is 2.79 bits per heavy atom. The van der Waals surface area contributed by atoms with Crippen LogP contribution in [-0.2, 0) is 6.42 Å². The van der Waals surface area contributed by atoms with Crippen LogP contribution in [0.15, 0.2) is 22.7 Å². The second kappa shape index (κ2) is 5.37. The van der Waals surface area contributed by atoms with Gasteiger partial charge in [-0.25, -0.2) is 0 Å². The Labute approximate surface area is 93.6 Å². The molecule has 0 spiro atoms. The molecule has 2 N–H and O–H groups in total. The summed E-state index contributed by atoms with van der Waals surface area (Å²) >= 11 is 3.45. The molecule has 0 saturated heterocycles. The number of rotatable bonds is 4. The normalized spacial score (nSPS) is 12.6. The summed E-state index contributed by atoms with van der Waals surface area (Å²) in [5.41, 5.74) is 6.81. The molecular weight excluding hydrogens is 242 g/mol. The third kappa shape index (κ3) is 3.00. The van der Waals surface area contributed by atoms with Crippen LogP contribution in [0.1, 0.15) is 12.5 Å². The van der Waals surface area contributed by atoms with Crippen LogP contribution in [0.4, 0.5) is 0 Å². The maximum atomic E-state index is 5.60. The minimum atomic E-state index is 0.484. The Morgan fingerprint density at radius 2 is 2.21 bits per heavy atom. The largest absolute Gasteiger partial charge is 0.496 e. The standard InChI is InChI=1S/C11H16BrNO/c1-8(7-13)5-9-6-10(12)3-4-11(9)14-2/h3-4,6,8H,5,7,13H2,1-2H3. The summed E-state index contributed by atoms with van der Waals surface area (Å²) in [6.07, 6.45) is 0.957. The van der Waals surface area contributed by atoms with Gasteiger partial charge in [-0.05, 0) is 42.6 Å². The van der Waals surface area contributed by atoms with Gasteiger partial charge in [-0.1, -0.05) is 22.9 Å². The Kier molecular flexibility index (Phi) is 4.42. The van der Waals surface area contributed by atoms with Gasteiger partial charge in [-0.2, -0.15) is 0 Å². The zero-order valence-electron chi connectivity index (χ0n) is 8.59. The van der Waals surface area contributed by atoms with Crippen LogP contribution in [0, 0.1) is 5.92 Å². The lowest BCUT2D eigenvalue weighted by Crippen LogP contribution is -2.13. The van der Waals surface area contributed by atoms with E-state index in [1.54, 1.807) is 7.11 Å². The van der Waals surface area contributed by atoms with Crippen molar-refractivity contribution >= 4 is 15.9 Å². The zero-order valence-corrected chi connectivity index (χ0v) is 10.2. The van der Waals surface area contributed by atoms with Crippen molar-refractivity contribution in [2.45, 2.75) is 13.3 Å². The van der Waals surface area contributed by atoms with Gasteiger partial charge in [0.1, 0.15) is 5.75 Å². The molecule has 0 amide bonds. The third-order valence-electron chi connectivity index (χ3n) is 2.21. The summed E-state index contributed by atoms with van der Waals surface area (Å²) < 4.78 is 6.37. The van der Waals surface area contributed by atoms with E-state index in [1.165, 1.54) is 5.56 Å². The third-order valence-corrected chi connectivity index (χ3v) is 2.71. The highest BCUT2D eigenvalue weighted by atomic mass is 79.9. The molecule has 0 bridgehead atoms. The quantitative estimate of drug-likeness (QED) is 0.900. The van der Waals surface area contributed by atoms with E-state index in [9.17, 15) is 0 Å². The first-order valence-corrected chi connectivity index (χ1v) is 5.49.